The number of phenolic OH excluding ortho intramolecular Hbond substituents is 1. The van der Waals surface area contributed by atoms with E-state index in [1.54, 1.807) is 24.3 Å². The zero-order chi connectivity index (χ0) is 5.11. The molecule has 0 aliphatic rings. The zero-order valence-corrected chi connectivity index (χ0v) is 4.33. The molecule has 3 heteroatoms. The van der Waals surface area contributed by atoms with Gasteiger partial charge in [0.2, 0.25) is 0 Å². The Morgan fingerprint density at radius 1 is 1.00 bits per heavy atom. The van der Waals surface area contributed by atoms with E-state index in [2.05, 4.69) is 0 Å². The van der Waals surface area contributed by atoms with Gasteiger partial charge in [0.1, 0.15) is 5.75 Å². The molecule has 2 nitrogen and oxygen atoms in total. The molecule has 0 aromatic heterocycles. The summed E-state index contributed by atoms with van der Waals surface area (Å²) in [6, 6.07) is 8.71. The van der Waals surface area contributed by atoms with Crippen LogP contribution >= 0.6 is 0 Å². The topological polar surface area (TPSA) is 51.7 Å². The molecule has 1 rings (SSSR count). The van der Waals surface area contributed by atoms with Crippen LogP contribution in [-0.2, 0) is 0 Å². The molecule has 0 aliphatic heterocycles. The van der Waals surface area contributed by atoms with Crippen molar-refractivity contribution in [2.24, 2.45) is 0 Å². The summed E-state index contributed by atoms with van der Waals surface area (Å²) in [6.07, 6.45) is 0. The number of benzene rings is 1. The number of phenols is 1. The molecule has 0 amide bonds. The minimum absolute atomic E-state index is 0. The molecule has 0 unspecified atom stereocenters. The number of para-hydroxylation sites is 1. The van der Waals surface area contributed by atoms with Crippen molar-refractivity contribution in [1.29, 1.82) is 0 Å². The van der Waals surface area contributed by atoms with Crippen molar-refractivity contribution in [2.75, 3.05) is 0 Å². The summed E-state index contributed by atoms with van der Waals surface area (Å²) in [5, 5.41) is 8.63. The Balaban J connectivity index is 0. The summed E-state index contributed by atoms with van der Waals surface area (Å²) < 4.78 is 0. The third-order valence-electron chi connectivity index (χ3n) is 0.756. The first-order chi connectivity index (χ1) is 3.39. The van der Waals surface area contributed by atoms with Crippen molar-refractivity contribution in [3.05, 3.63) is 30.3 Å². The number of rotatable bonds is 0. The molecule has 46 valence electrons. The Hall–Kier alpha value is -0.0200. The first-order valence-electron chi connectivity index (χ1n) is 2.13. The summed E-state index contributed by atoms with van der Waals surface area (Å²) >= 11 is 0. The monoisotopic (exact) mass is 136 g/mol. The van der Waals surface area contributed by atoms with E-state index in [9.17, 15) is 0 Å². The van der Waals surface area contributed by atoms with E-state index in [4.69, 9.17) is 5.11 Å². The summed E-state index contributed by atoms with van der Waals surface area (Å²) in [5.74, 6) is 0.322. The Morgan fingerprint density at radius 3 is 1.67 bits per heavy atom. The van der Waals surface area contributed by atoms with Crippen LogP contribution in [0.25, 0.3) is 0 Å². The van der Waals surface area contributed by atoms with Crippen molar-refractivity contribution >= 4 is 29.6 Å². The van der Waals surface area contributed by atoms with Gasteiger partial charge in [0.05, 0.1) is 0 Å². The predicted octanol–water partition coefficient (Wildman–Crippen LogP) is -0.0810. The van der Waals surface area contributed by atoms with Gasteiger partial charge in [0.25, 0.3) is 0 Å². The van der Waals surface area contributed by atoms with Gasteiger partial charge in [-0.05, 0) is 12.1 Å². The molecule has 0 atom stereocenters. The second-order valence-corrected chi connectivity index (χ2v) is 1.34. The molecule has 0 fully saturated rings. The fourth-order valence-corrected chi connectivity index (χ4v) is 0.428. The molecule has 0 saturated carbocycles. The van der Waals surface area contributed by atoms with E-state index in [1.807, 2.05) is 6.07 Å². The van der Waals surface area contributed by atoms with Gasteiger partial charge in [0.15, 0.2) is 0 Å². The quantitative estimate of drug-likeness (QED) is 0.498. The van der Waals surface area contributed by atoms with E-state index < -0.39 is 0 Å². The maximum absolute atomic E-state index is 8.63. The van der Waals surface area contributed by atoms with Gasteiger partial charge in [0, 0.05) is 0 Å². The van der Waals surface area contributed by atoms with Gasteiger partial charge < -0.3 is 10.6 Å². The molecule has 0 bridgehead atoms. The standard InChI is InChI=1S/C6H6O.Na.H2O.H/c7-6-4-2-1-3-5-6;;;/h1-5,7H;;1H2;. The normalized spacial score (nSPS) is 6.67. The molecule has 0 spiro atoms. The average Bonchev–Trinajstić information content (AvgIpc) is 1.69. The van der Waals surface area contributed by atoms with Crippen LogP contribution in [-0.4, -0.2) is 40.1 Å². The van der Waals surface area contributed by atoms with Crippen molar-refractivity contribution in [1.82, 2.24) is 0 Å². The molecule has 0 aliphatic carbocycles. The van der Waals surface area contributed by atoms with Crippen LogP contribution in [0.15, 0.2) is 30.3 Å². The molecule has 0 radical (unpaired) electrons. The second-order valence-electron chi connectivity index (χ2n) is 1.34. The van der Waals surface area contributed by atoms with Gasteiger partial charge in [-0.3, -0.25) is 0 Å². The van der Waals surface area contributed by atoms with E-state index in [1.165, 1.54) is 0 Å². The van der Waals surface area contributed by atoms with E-state index >= 15 is 0 Å². The maximum atomic E-state index is 8.63. The Bertz CT molecular complexity index is 141. The molecule has 0 saturated heterocycles. The van der Waals surface area contributed by atoms with Crippen LogP contribution in [0.3, 0.4) is 0 Å². The second kappa shape index (κ2) is 6.11. The van der Waals surface area contributed by atoms with Crippen LogP contribution in [0, 0.1) is 0 Å². The van der Waals surface area contributed by atoms with Crippen LogP contribution in [0.1, 0.15) is 0 Å². The van der Waals surface area contributed by atoms with Gasteiger partial charge >= 0.3 is 29.6 Å². The Morgan fingerprint density at radius 2 is 1.44 bits per heavy atom. The first-order valence-corrected chi connectivity index (χ1v) is 2.13. The third kappa shape index (κ3) is 4.48. The molecule has 1 aromatic rings. The van der Waals surface area contributed by atoms with Crippen LogP contribution in [0.2, 0.25) is 0 Å². The Kier molecular flexibility index (Phi) is 7.96. The SMILES string of the molecule is O.Oc1ccccc1.[NaH]. The van der Waals surface area contributed by atoms with Gasteiger partial charge in [-0.2, -0.15) is 0 Å². The number of hydrogen-bond acceptors (Lipinski definition) is 1. The van der Waals surface area contributed by atoms with Gasteiger partial charge in [-0.15, -0.1) is 0 Å². The number of hydrogen-bond donors (Lipinski definition) is 1. The molecular weight excluding hydrogens is 127 g/mol. The molecular formula is C6H9NaO2. The van der Waals surface area contributed by atoms with E-state index in [-0.39, 0.29) is 35.0 Å². The van der Waals surface area contributed by atoms with E-state index in [0.717, 1.165) is 0 Å². The van der Waals surface area contributed by atoms with Crippen molar-refractivity contribution < 1.29 is 10.6 Å². The zero-order valence-electron chi connectivity index (χ0n) is 4.33. The molecule has 3 N–H and O–H groups in total. The summed E-state index contributed by atoms with van der Waals surface area (Å²) in [7, 11) is 0. The van der Waals surface area contributed by atoms with Crippen LogP contribution < -0.4 is 0 Å². The number of aromatic hydroxyl groups is 1. The van der Waals surface area contributed by atoms with Crippen molar-refractivity contribution in [3.63, 3.8) is 0 Å². The van der Waals surface area contributed by atoms with Crippen molar-refractivity contribution in [3.8, 4) is 5.75 Å². The summed E-state index contributed by atoms with van der Waals surface area (Å²) in [5.41, 5.74) is 0. The third-order valence-corrected chi connectivity index (χ3v) is 0.756. The van der Waals surface area contributed by atoms with Crippen LogP contribution in [0.4, 0.5) is 0 Å². The first kappa shape index (κ1) is 11.7. The Labute approximate surface area is 76.1 Å². The molecule has 0 heterocycles. The predicted molar refractivity (Wildman–Crippen MR) is 38.9 cm³/mol. The fourth-order valence-electron chi connectivity index (χ4n) is 0.428. The summed E-state index contributed by atoms with van der Waals surface area (Å²) in [6.45, 7) is 0. The van der Waals surface area contributed by atoms with Gasteiger partial charge in [-0.1, -0.05) is 18.2 Å². The minimum atomic E-state index is 0. The van der Waals surface area contributed by atoms with Gasteiger partial charge in [-0.25, -0.2) is 0 Å². The molecule has 1 aromatic carbocycles. The molecule has 9 heavy (non-hydrogen) atoms. The fraction of sp³-hybridized carbons (Fsp3) is 0. The van der Waals surface area contributed by atoms with Crippen LogP contribution in [0.5, 0.6) is 5.75 Å². The van der Waals surface area contributed by atoms with E-state index in [0.29, 0.717) is 5.75 Å². The van der Waals surface area contributed by atoms with Crippen molar-refractivity contribution in [2.45, 2.75) is 0 Å². The average molecular weight is 136 g/mol. The summed E-state index contributed by atoms with van der Waals surface area (Å²) in [4.78, 5) is 0.